The molecule has 3 N–H and O–H groups in total. The number of rotatable bonds is 5. The van der Waals surface area contributed by atoms with Gasteiger partial charge in [-0.05, 0) is 19.9 Å². The Labute approximate surface area is 96.0 Å². The highest BCUT2D eigenvalue weighted by molar-refractivity contribution is 5.49. The van der Waals surface area contributed by atoms with Gasteiger partial charge in [0.2, 0.25) is 0 Å². The van der Waals surface area contributed by atoms with E-state index in [2.05, 4.69) is 0 Å². The van der Waals surface area contributed by atoms with Crippen molar-refractivity contribution in [2.75, 3.05) is 20.3 Å². The molecule has 1 rings (SSSR count). The summed E-state index contributed by atoms with van der Waals surface area (Å²) in [5, 5.41) is 10.1. The third-order valence-corrected chi connectivity index (χ3v) is 2.46. The second-order valence-corrected chi connectivity index (χ2v) is 3.75. The van der Waals surface area contributed by atoms with Crippen LogP contribution in [-0.4, -0.2) is 25.4 Å². The first-order valence-electron chi connectivity index (χ1n) is 5.29. The van der Waals surface area contributed by atoms with Crippen molar-refractivity contribution in [2.24, 2.45) is 5.73 Å². The summed E-state index contributed by atoms with van der Waals surface area (Å²) in [6, 6.07) is 5.40. The van der Waals surface area contributed by atoms with Crippen molar-refractivity contribution < 1.29 is 14.6 Å². The molecule has 0 bridgehead atoms. The number of hydrogen-bond acceptors (Lipinski definition) is 4. The van der Waals surface area contributed by atoms with Crippen LogP contribution in [-0.2, 0) is 5.60 Å². The summed E-state index contributed by atoms with van der Waals surface area (Å²) in [5.41, 5.74) is 5.07. The molecule has 4 nitrogen and oxygen atoms in total. The van der Waals surface area contributed by atoms with E-state index in [1.165, 1.54) is 0 Å². The van der Waals surface area contributed by atoms with Gasteiger partial charge in [0.25, 0.3) is 0 Å². The fourth-order valence-corrected chi connectivity index (χ4v) is 1.53. The number of benzene rings is 1. The topological polar surface area (TPSA) is 64.7 Å². The van der Waals surface area contributed by atoms with E-state index in [4.69, 9.17) is 15.2 Å². The van der Waals surface area contributed by atoms with Crippen molar-refractivity contribution in [3.8, 4) is 11.5 Å². The Morgan fingerprint density at radius 3 is 2.62 bits per heavy atom. The lowest BCUT2D eigenvalue weighted by Crippen LogP contribution is -2.31. The van der Waals surface area contributed by atoms with Gasteiger partial charge in [0.1, 0.15) is 5.60 Å². The second-order valence-electron chi connectivity index (χ2n) is 3.75. The lowest BCUT2D eigenvalue weighted by molar-refractivity contribution is 0.0635. The van der Waals surface area contributed by atoms with Crippen LogP contribution in [0.1, 0.15) is 19.4 Å². The lowest BCUT2D eigenvalue weighted by atomic mass is 9.95. The summed E-state index contributed by atoms with van der Waals surface area (Å²) in [6.07, 6.45) is 0. The molecule has 0 aliphatic rings. The van der Waals surface area contributed by atoms with E-state index in [9.17, 15) is 5.11 Å². The van der Waals surface area contributed by atoms with Crippen LogP contribution in [0.3, 0.4) is 0 Å². The van der Waals surface area contributed by atoms with E-state index in [1.54, 1.807) is 26.2 Å². The van der Waals surface area contributed by atoms with Gasteiger partial charge in [-0.3, -0.25) is 0 Å². The van der Waals surface area contributed by atoms with Crippen molar-refractivity contribution in [2.45, 2.75) is 19.4 Å². The minimum Gasteiger partial charge on any atom is -0.492 e. The third kappa shape index (κ3) is 2.46. The molecule has 0 spiro atoms. The normalized spacial score (nSPS) is 14.3. The standard InChI is InChI=1S/C12H19NO3/c1-4-16-10-7-5-6-9(11(10)15-3)12(2,14)8-13/h5-7,14H,4,8,13H2,1-3H3. The van der Waals surface area contributed by atoms with Crippen molar-refractivity contribution in [3.05, 3.63) is 23.8 Å². The van der Waals surface area contributed by atoms with Crippen molar-refractivity contribution in [1.82, 2.24) is 0 Å². The summed E-state index contributed by atoms with van der Waals surface area (Å²) in [6.45, 7) is 4.22. The SMILES string of the molecule is CCOc1cccc(C(C)(O)CN)c1OC. The Morgan fingerprint density at radius 1 is 1.44 bits per heavy atom. The van der Waals surface area contributed by atoms with E-state index >= 15 is 0 Å². The van der Waals surface area contributed by atoms with Gasteiger partial charge in [0.05, 0.1) is 13.7 Å². The fourth-order valence-electron chi connectivity index (χ4n) is 1.53. The average molecular weight is 225 g/mol. The van der Waals surface area contributed by atoms with Crippen LogP contribution in [0.5, 0.6) is 11.5 Å². The number of hydrogen-bond donors (Lipinski definition) is 2. The molecule has 0 aromatic heterocycles. The summed E-state index contributed by atoms with van der Waals surface area (Å²) in [5.74, 6) is 1.16. The monoisotopic (exact) mass is 225 g/mol. The number of para-hydroxylation sites is 1. The third-order valence-electron chi connectivity index (χ3n) is 2.46. The molecule has 4 heteroatoms. The van der Waals surface area contributed by atoms with Crippen molar-refractivity contribution >= 4 is 0 Å². The molecule has 16 heavy (non-hydrogen) atoms. The highest BCUT2D eigenvalue weighted by Gasteiger charge is 2.26. The lowest BCUT2D eigenvalue weighted by Gasteiger charge is -2.25. The maximum atomic E-state index is 10.1. The molecule has 1 atom stereocenters. The zero-order valence-corrected chi connectivity index (χ0v) is 9.99. The first kappa shape index (κ1) is 12.8. The number of ether oxygens (including phenoxy) is 2. The predicted molar refractivity (Wildman–Crippen MR) is 62.8 cm³/mol. The second kappa shape index (κ2) is 5.18. The summed E-state index contributed by atoms with van der Waals surface area (Å²) in [4.78, 5) is 0. The molecule has 1 aromatic rings. The van der Waals surface area contributed by atoms with E-state index in [-0.39, 0.29) is 6.54 Å². The van der Waals surface area contributed by atoms with Crippen LogP contribution in [0.4, 0.5) is 0 Å². The molecule has 0 aliphatic carbocycles. The molecular formula is C12H19NO3. The van der Waals surface area contributed by atoms with Crippen molar-refractivity contribution in [3.63, 3.8) is 0 Å². The molecule has 1 unspecified atom stereocenters. The highest BCUT2D eigenvalue weighted by Crippen LogP contribution is 2.36. The van der Waals surface area contributed by atoms with Gasteiger partial charge >= 0.3 is 0 Å². The highest BCUT2D eigenvalue weighted by atomic mass is 16.5. The summed E-state index contributed by atoms with van der Waals surface area (Å²) in [7, 11) is 1.55. The molecule has 1 aromatic carbocycles. The summed E-state index contributed by atoms with van der Waals surface area (Å²) < 4.78 is 10.7. The molecule has 90 valence electrons. The van der Waals surface area contributed by atoms with Gasteiger partial charge in [0, 0.05) is 12.1 Å². The van der Waals surface area contributed by atoms with Gasteiger partial charge in [0.15, 0.2) is 11.5 Å². The molecule has 0 saturated heterocycles. The van der Waals surface area contributed by atoms with Crippen LogP contribution in [0, 0.1) is 0 Å². The Morgan fingerprint density at radius 2 is 2.12 bits per heavy atom. The zero-order valence-electron chi connectivity index (χ0n) is 9.99. The first-order chi connectivity index (χ1) is 7.56. The molecule has 0 fully saturated rings. The quantitative estimate of drug-likeness (QED) is 0.791. The van der Waals surface area contributed by atoms with E-state index < -0.39 is 5.60 Å². The van der Waals surface area contributed by atoms with Crippen LogP contribution >= 0.6 is 0 Å². The minimum atomic E-state index is -1.11. The maximum Gasteiger partial charge on any atom is 0.166 e. The number of methoxy groups -OCH3 is 1. The van der Waals surface area contributed by atoms with E-state index in [0.29, 0.717) is 23.7 Å². The number of aliphatic hydroxyl groups is 1. The van der Waals surface area contributed by atoms with Crippen LogP contribution in [0.2, 0.25) is 0 Å². The zero-order chi connectivity index (χ0) is 12.2. The Balaban J connectivity index is 3.23. The first-order valence-corrected chi connectivity index (χ1v) is 5.29. The largest absolute Gasteiger partial charge is 0.492 e. The maximum absolute atomic E-state index is 10.1. The number of nitrogens with two attached hydrogens (primary N) is 1. The molecular weight excluding hydrogens is 206 g/mol. The molecule has 0 amide bonds. The van der Waals surface area contributed by atoms with Gasteiger partial charge < -0.3 is 20.3 Å². The molecule has 0 radical (unpaired) electrons. The van der Waals surface area contributed by atoms with E-state index in [1.807, 2.05) is 13.0 Å². The van der Waals surface area contributed by atoms with Crippen LogP contribution < -0.4 is 15.2 Å². The van der Waals surface area contributed by atoms with E-state index in [0.717, 1.165) is 0 Å². The predicted octanol–water partition coefficient (Wildman–Crippen LogP) is 1.26. The van der Waals surface area contributed by atoms with Crippen LogP contribution in [0.25, 0.3) is 0 Å². The van der Waals surface area contributed by atoms with Gasteiger partial charge in [-0.25, -0.2) is 0 Å². The Hall–Kier alpha value is -1.26. The molecule has 0 aliphatic heterocycles. The van der Waals surface area contributed by atoms with Gasteiger partial charge in [-0.15, -0.1) is 0 Å². The van der Waals surface area contributed by atoms with Gasteiger partial charge in [-0.1, -0.05) is 12.1 Å². The summed E-state index contributed by atoms with van der Waals surface area (Å²) >= 11 is 0. The minimum absolute atomic E-state index is 0.124. The van der Waals surface area contributed by atoms with Crippen LogP contribution in [0.15, 0.2) is 18.2 Å². The van der Waals surface area contributed by atoms with Gasteiger partial charge in [-0.2, -0.15) is 0 Å². The smallest absolute Gasteiger partial charge is 0.166 e. The molecule has 0 heterocycles. The Bertz CT molecular complexity index is 350. The Kier molecular flexibility index (Phi) is 4.15. The molecule has 0 saturated carbocycles. The van der Waals surface area contributed by atoms with Crippen molar-refractivity contribution in [1.29, 1.82) is 0 Å². The average Bonchev–Trinajstić information content (AvgIpc) is 2.29. The fraction of sp³-hybridized carbons (Fsp3) is 0.500.